The molecule has 178 valence electrons. The highest BCUT2D eigenvalue weighted by molar-refractivity contribution is 6.36. The zero-order chi connectivity index (χ0) is 25.2. The molecule has 0 N–H and O–H groups in total. The average molecular weight is 507 g/mol. The molecule has 0 spiro atoms. The lowest BCUT2D eigenvalue weighted by atomic mass is 9.96. The Labute approximate surface area is 212 Å². The van der Waals surface area contributed by atoms with Crippen molar-refractivity contribution >= 4 is 51.0 Å². The number of aryl methyl sites for hydroxylation is 2. The average Bonchev–Trinajstić information content (AvgIpc) is 3.39. The first-order valence-electron chi connectivity index (χ1n) is 11.2. The minimum absolute atomic E-state index is 0.0746. The number of rotatable bonds is 2. The molecule has 6 nitrogen and oxygen atoms in total. The minimum atomic E-state index is -0.535. The van der Waals surface area contributed by atoms with Gasteiger partial charge >= 0.3 is 0 Å². The third-order valence-electron chi connectivity index (χ3n) is 6.30. The molecule has 35 heavy (non-hydrogen) atoms. The van der Waals surface area contributed by atoms with E-state index in [-0.39, 0.29) is 11.5 Å². The number of benzene rings is 2. The fourth-order valence-corrected chi connectivity index (χ4v) is 5.00. The minimum Gasteiger partial charge on any atom is -0.330 e. The number of carbonyl (C=O) groups excluding carboxylic acids is 1. The molecule has 0 aliphatic heterocycles. The van der Waals surface area contributed by atoms with Crippen LogP contribution in [0.25, 0.3) is 44.3 Å². The highest BCUT2D eigenvalue weighted by Gasteiger charge is 2.24. The Bertz CT molecular complexity index is 1720. The van der Waals surface area contributed by atoms with Gasteiger partial charge in [0.2, 0.25) is 0 Å². The van der Waals surface area contributed by atoms with Crippen LogP contribution in [0.3, 0.4) is 0 Å². The number of hydrogen-bond donors (Lipinski definition) is 0. The Kier molecular flexibility index (Phi) is 5.42. The quantitative estimate of drug-likeness (QED) is 0.272. The fraction of sp³-hybridized carbons (Fsp3) is 0.222. The van der Waals surface area contributed by atoms with E-state index in [1.165, 1.54) is 4.68 Å². The van der Waals surface area contributed by atoms with Gasteiger partial charge < -0.3 is 4.57 Å². The summed E-state index contributed by atoms with van der Waals surface area (Å²) in [6.07, 6.45) is 1.69. The molecule has 0 aliphatic rings. The lowest BCUT2D eigenvalue weighted by Gasteiger charge is -2.15. The molecule has 0 saturated heterocycles. The molecule has 3 heterocycles. The molecule has 0 bridgehead atoms. The van der Waals surface area contributed by atoms with Crippen LogP contribution in [0.1, 0.15) is 25.6 Å². The Morgan fingerprint density at radius 2 is 1.63 bits per heavy atom. The Balaban J connectivity index is 1.73. The van der Waals surface area contributed by atoms with Gasteiger partial charge in [-0.15, -0.1) is 0 Å². The van der Waals surface area contributed by atoms with Crippen molar-refractivity contribution in [1.82, 2.24) is 18.9 Å². The topological polar surface area (TPSA) is 61.8 Å². The number of halogens is 2. The zero-order valence-electron chi connectivity index (χ0n) is 20.1. The van der Waals surface area contributed by atoms with E-state index in [0.29, 0.717) is 26.9 Å². The summed E-state index contributed by atoms with van der Waals surface area (Å²) in [5.41, 5.74) is 3.80. The summed E-state index contributed by atoms with van der Waals surface area (Å²) < 4.78 is 5.05. The van der Waals surface area contributed by atoms with Crippen molar-refractivity contribution in [3.8, 4) is 22.4 Å². The summed E-state index contributed by atoms with van der Waals surface area (Å²) in [6, 6.07) is 14.9. The van der Waals surface area contributed by atoms with Crippen LogP contribution in [-0.4, -0.2) is 24.8 Å². The molecule has 5 aromatic rings. The molecule has 2 aromatic carbocycles. The van der Waals surface area contributed by atoms with Crippen LogP contribution in [0.5, 0.6) is 0 Å². The monoisotopic (exact) mass is 506 g/mol. The predicted molar refractivity (Wildman–Crippen MR) is 142 cm³/mol. The first-order valence-corrected chi connectivity index (χ1v) is 11.9. The smallest absolute Gasteiger partial charge is 0.259 e. The molecule has 0 amide bonds. The van der Waals surface area contributed by atoms with E-state index < -0.39 is 5.41 Å². The van der Waals surface area contributed by atoms with Crippen molar-refractivity contribution < 1.29 is 4.79 Å². The van der Waals surface area contributed by atoms with Gasteiger partial charge in [0.15, 0.2) is 0 Å². The summed E-state index contributed by atoms with van der Waals surface area (Å²) in [4.78, 5) is 25.9. The number of carbonyl (C=O) groups is 1. The van der Waals surface area contributed by atoms with E-state index in [4.69, 9.17) is 23.2 Å². The van der Waals surface area contributed by atoms with E-state index in [1.54, 1.807) is 36.0 Å². The highest BCUT2D eigenvalue weighted by Crippen LogP contribution is 2.35. The van der Waals surface area contributed by atoms with Crippen LogP contribution >= 0.6 is 23.2 Å². The van der Waals surface area contributed by atoms with Crippen molar-refractivity contribution in [2.45, 2.75) is 20.8 Å². The molecule has 0 fully saturated rings. The van der Waals surface area contributed by atoms with E-state index in [9.17, 15) is 9.59 Å². The summed E-state index contributed by atoms with van der Waals surface area (Å²) in [5, 5.41) is 7.35. The molecular weight excluding hydrogens is 483 g/mol. The summed E-state index contributed by atoms with van der Waals surface area (Å²) in [7, 11) is 3.70. The second-order valence-corrected chi connectivity index (χ2v) is 10.6. The number of aromatic nitrogens is 4. The van der Waals surface area contributed by atoms with Crippen LogP contribution < -0.4 is 5.56 Å². The van der Waals surface area contributed by atoms with Gasteiger partial charge in [0.25, 0.3) is 11.5 Å². The van der Waals surface area contributed by atoms with Crippen LogP contribution in [0.15, 0.2) is 59.5 Å². The number of fused-ring (bicyclic) bond motifs is 3. The van der Waals surface area contributed by atoms with Gasteiger partial charge in [0, 0.05) is 58.2 Å². The van der Waals surface area contributed by atoms with Crippen molar-refractivity contribution in [2.75, 3.05) is 0 Å². The molecule has 0 saturated carbocycles. The summed E-state index contributed by atoms with van der Waals surface area (Å²) >= 11 is 12.5. The molecule has 5 rings (SSSR count). The lowest BCUT2D eigenvalue weighted by molar-refractivity contribution is 0.0749. The standard InChI is InChI=1S/C27H24Cl2N4O2/c1-27(2,3)26(35)33-11-10-22(30-33)15-6-9-23-18(12-15)19-14-20(17-8-7-16(28)13-21(17)29)25(34)32(5)24(19)31(23)4/h6-14H,1-5H3. The first-order chi connectivity index (χ1) is 16.5. The number of hydrogen-bond acceptors (Lipinski definition) is 3. The van der Waals surface area contributed by atoms with Crippen LogP contribution in [0, 0.1) is 5.41 Å². The van der Waals surface area contributed by atoms with Crippen molar-refractivity contribution in [3.05, 3.63) is 75.1 Å². The van der Waals surface area contributed by atoms with Crippen LogP contribution in [0.4, 0.5) is 0 Å². The fourth-order valence-electron chi connectivity index (χ4n) is 4.49. The van der Waals surface area contributed by atoms with Gasteiger partial charge in [-0.2, -0.15) is 5.10 Å². The van der Waals surface area contributed by atoms with E-state index >= 15 is 0 Å². The summed E-state index contributed by atoms with van der Waals surface area (Å²) in [5.74, 6) is -0.0746. The van der Waals surface area contributed by atoms with Crippen molar-refractivity contribution in [1.29, 1.82) is 0 Å². The third kappa shape index (κ3) is 3.77. The summed E-state index contributed by atoms with van der Waals surface area (Å²) in [6.45, 7) is 5.61. The third-order valence-corrected chi connectivity index (χ3v) is 6.85. The predicted octanol–water partition coefficient (Wildman–Crippen LogP) is 6.55. The van der Waals surface area contributed by atoms with Gasteiger partial charge in [0.05, 0.1) is 16.2 Å². The molecule has 3 aromatic heterocycles. The van der Waals surface area contributed by atoms with Gasteiger partial charge in [-0.25, -0.2) is 4.68 Å². The van der Waals surface area contributed by atoms with Crippen molar-refractivity contribution in [3.63, 3.8) is 0 Å². The molecule has 0 aliphatic carbocycles. The van der Waals surface area contributed by atoms with Gasteiger partial charge in [-0.3, -0.25) is 14.2 Å². The van der Waals surface area contributed by atoms with Gasteiger partial charge in [-0.05, 0) is 36.4 Å². The molecule has 8 heteroatoms. The molecule has 0 atom stereocenters. The van der Waals surface area contributed by atoms with Crippen LogP contribution in [0.2, 0.25) is 10.0 Å². The molecule has 0 unspecified atom stereocenters. The second kappa shape index (κ2) is 8.11. The van der Waals surface area contributed by atoms with E-state index in [1.807, 2.05) is 62.7 Å². The zero-order valence-corrected chi connectivity index (χ0v) is 21.6. The second-order valence-electron chi connectivity index (χ2n) is 9.78. The van der Waals surface area contributed by atoms with E-state index in [2.05, 4.69) is 5.10 Å². The number of pyridine rings is 1. The first kappa shape index (κ1) is 23.4. The Hall–Kier alpha value is -3.35. The SMILES string of the molecule is Cn1c(=O)c(-c2ccc(Cl)cc2Cl)cc2c3cc(-c4ccn(C(=O)C(C)(C)C)n4)ccc3n(C)c21. The maximum atomic E-state index is 13.3. The normalized spacial score (nSPS) is 12.1. The van der Waals surface area contributed by atoms with E-state index in [0.717, 1.165) is 27.5 Å². The Morgan fingerprint density at radius 3 is 2.31 bits per heavy atom. The Morgan fingerprint density at radius 1 is 0.886 bits per heavy atom. The van der Waals surface area contributed by atoms with Gasteiger partial charge in [-0.1, -0.05) is 56.1 Å². The highest BCUT2D eigenvalue weighted by atomic mass is 35.5. The molecular formula is C27H24Cl2N4O2. The van der Waals surface area contributed by atoms with Gasteiger partial charge in [0.1, 0.15) is 5.65 Å². The maximum absolute atomic E-state index is 13.3. The largest absolute Gasteiger partial charge is 0.330 e. The van der Waals surface area contributed by atoms with Crippen LogP contribution in [-0.2, 0) is 14.1 Å². The lowest BCUT2D eigenvalue weighted by Crippen LogP contribution is -2.27. The molecule has 0 radical (unpaired) electrons. The maximum Gasteiger partial charge on any atom is 0.259 e. The van der Waals surface area contributed by atoms with Crippen molar-refractivity contribution in [2.24, 2.45) is 19.5 Å². The number of nitrogens with zero attached hydrogens (tertiary/aromatic N) is 4.